The van der Waals surface area contributed by atoms with Crippen LogP contribution in [0.4, 0.5) is 5.82 Å². The van der Waals surface area contributed by atoms with Gasteiger partial charge in [-0.2, -0.15) is 5.10 Å². The Balaban J connectivity index is 1.58. The molecule has 3 heterocycles. The summed E-state index contributed by atoms with van der Waals surface area (Å²) in [5.41, 5.74) is 8.53. The van der Waals surface area contributed by atoms with Crippen molar-refractivity contribution in [2.45, 2.75) is 12.5 Å². The fraction of sp³-hybridized carbons (Fsp3) is 0.417. The maximum Gasteiger partial charge on any atom is 0.246 e. The molecule has 0 aliphatic carbocycles. The first-order valence-electron chi connectivity index (χ1n) is 11.3. The van der Waals surface area contributed by atoms with E-state index in [1.54, 1.807) is 13.2 Å². The van der Waals surface area contributed by atoms with Gasteiger partial charge in [0.05, 0.1) is 18.0 Å². The molecule has 1 aliphatic rings. The number of anilines is 1. The number of amides is 1. The lowest BCUT2D eigenvalue weighted by Gasteiger charge is -2.15. The molecular weight excluding hydrogens is 434 g/mol. The summed E-state index contributed by atoms with van der Waals surface area (Å²) in [5.74, 6) is 1.14. The first kappa shape index (κ1) is 23.7. The highest BCUT2D eigenvalue weighted by atomic mass is 16.5. The van der Waals surface area contributed by atoms with E-state index < -0.39 is 0 Å². The number of nitrogens with two attached hydrogens (primary N) is 1. The zero-order valence-electron chi connectivity index (χ0n) is 19.8. The largest absolute Gasteiger partial charge is 0.491 e. The van der Waals surface area contributed by atoms with Crippen LogP contribution in [0.2, 0.25) is 0 Å². The van der Waals surface area contributed by atoms with Gasteiger partial charge in [-0.3, -0.25) is 4.79 Å². The smallest absolute Gasteiger partial charge is 0.246 e. The summed E-state index contributed by atoms with van der Waals surface area (Å²) in [7, 11) is 5.58. The fourth-order valence-electron chi connectivity index (χ4n) is 4.02. The summed E-state index contributed by atoms with van der Waals surface area (Å²) in [6, 6.07) is 7.69. The highest BCUT2D eigenvalue weighted by Gasteiger charge is 2.30. The van der Waals surface area contributed by atoms with E-state index in [1.807, 2.05) is 58.9 Å². The van der Waals surface area contributed by atoms with Crippen molar-refractivity contribution < 1.29 is 14.3 Å². The van der Waals surface area contributed by atoms with Crippen LogP contribution in [-0.4, -0.2) is 89.5 Å². The number of methoxy groups -OCH3 is 1. The van der Waals surface area contributed by atoms with E-state index in [0.29, 0.717) is 48.8 Å². The molecule has 0 spiro atoms. The number of likely N-dealkylation sites (N-methyl/N-ethyl adjacent to an activating group) is 1. The number of hydrogen-bond donors (Lipinski definition) is 1. The lowest BCUT2D eigenvalue weighted by Crippen LogP contribution is -2.28. The SMILES string of the molecule is COCCOc1ccc(-c2nn([C@@H]3CCN(C(=O)/C=C/CN(C)C)C3)c3ncnc(N)c23)cc1. The molecule has 1 fully saturated rings. The van der Waals surface area contributed by atoms with Gasteiger partial charge >= 0.3 is 0 Å². The summed E-state index contributed by atoms with van der Waals surface area (Å²) < 4.78 is 12.6. The average molecular weight is 466 g/mol. The molecule has 0 bridgehead atoms. The Morgan fingerprint density at radius 2 is 2.03 bits per heavy atom. The summed E-state index contributed by atoms with van der Waals surface area (Å²) >= 11 is 0. The topological polar surface area (TPSA) is 112 Å². The second-order valence-electron chi connectivity index (χ2n) is 8.51. The fourth-order valence-corrected chi connectivity index (χ4v) is 4.02. The first-order valence-corrected chi connectivity index (χ1v) is 11.3. The number of benzene rings is 1. The molecule has 1 aliphatic heterocycles. The van der Waals surface area contributed by atoms with E-state index in [1.165, 1.54) is 6.33 Å². The molecule has 1 atom stereocenters. The number of fused-ring (bicyclic) bond motifs is 1. The number of nitrogens with zero attached hydrogens (tertiary/aromatic N) is 6. The lowest BCUT2D eigenvalue weighted by molar-refractivity contribution is -0.125. The van der Waals surface area contributed by atoms with Gasteiger partial charge in [0.1, 0.15) is 30.2 Å². The second kappa shape index (κ2) is 10.6. The molecule has 1 amide bonds. The van der Waals surface area contributed by atoms with Crippen LogP contribution in [0.15, 0.2) is 42.7 Å². The third-order valence-electron chi connectivity index (χ3n) is 5.75. The van der Waals surface area contributed by atoms with Gasteiger partial charge in [-0.05, 0) is 44.8 Å². The van der Waals surface area contributed by atoms with Gasteiger partial charge in [-0.15, -0.1) is 0 Å². The molecule has 0 saturated carbocycles. The summed E-state index contributed by atoms with van der Waals surface area (Å²) in [5, 5.41) is 5.61. The van der Waals surface area contributed by atoms with Gasteiger partial charge in [0.25, 0.3) is 0 Å². The van der Waals surface area contributed by atoms with E-state index in [4.69, 9.17) is 20.3 Å². The minimum Gasteiger partial charge on any atom is -0.491 e. The van der Waals surface area contributed by atoms with E-state index in [-0.39, 0.29) is 11.9 Å². The van der Waals surface area contributed by atoms with Crippen molar-refractivity contribution in [3.8, 4) is 17.0 Å². The number of nitrogen functional groups attached to an aromatic ring is 1. The predicted octanol–water partition coefficient (Wildman–Crippen LogP) is 1.99. The van der Waals surface area contributed by atoms with Crippen molar-refractivity contribution in [3.63, 3.8) is 0 Å². The van der Waals surface area contributed by atoms with Crippen LogP contribution in [0.25, 0.3) is 22.3 Å². The number of rotatable bonds is 9. The van der Waals surface area contributed by atoms with Crippen LogP contribution >= 0.6 is 0 Å². The predicted molar refractivity (Wildman–Crippen MR) is 130 cm³/mol. The highest BCUT2D eigenvalue weighted by Crippen LogP contribution is 2.34. The lowest BCUT2D eigenvalue weighted by atomic mass is 10.1. The van der Waals surface area contributed by atoms with Crippen LogP contribution in [0, 0.1) is 0 Å². The van der Waals surface area contributed by atoms with Gasteiger partial charge in [0.15, 0.2) is 5.65 Å². The number of carbonyl (C=O) groups is 1. The second-order valence-corrected chi connectivity index (χ2v) is 8.51. The first-order chi connectivity index (χ1) is 16.5. The Morgan fingerprint density at radius 3 is 2.76 bits per heavy atom. The number of likely N-dealkylation sites (tertiary alicyclic amines) is 1. The number of aromatic nitrogens is 4. The van der Waals surface area contributed by atoms with Crippen LogP contribution < -0.4 is 10.5 Å². The number of carbonyl (C=O) groups excluding carboxylic acids is 1. The van der Waals surface area contributed by atoms with E-state index in [0.717, 1.165) is 24.3 Å². The molecule has 0 unspecified atom stereocenters. The molecule has 10 nitrogen and oxygen atoms in total. The molecule has 4 rings (SSSR count). The number of ether oxygens (including phenoxy) is 2. The third kappa shape index (κ3) is 5.18. The van der Waals surface area contributed by atoms with Crippen molar-refractivity contribution >= 4 is 22.8 Å². The summed E-state index contributed by atoms with van der Waals surface area (Å²) in [4.78, 5) is 25.1. The molecule has 2 N–H and O–H groups in total. The minimum atomic E-state index is 0.00778. The molecule has 180 valence electrons. The van der Waals surface area contributed by atoms with Crippen LogP contribution in [0.3, 0.4) is 0 Å². The third-order valence-corrected chi connectivity index (χ3v) is 5.75. The van der Waals surface area contributed by atoms with Crippen molar-refractivity contribution in [2.75, 3.05) is 59.8 Å². The molecule has 0 radical (unpaired) electrons. The van der Waals surface area contributed by atoms with E-state index >= 15 is 0 Å². The molecule has 10 heteroatoms. The van der Waals surface area contributed by atoms with Crippen molar-refractivity contribution in [1.29, 1.82) is 0 Å². The van der Waals surface area contributed by atoms with Crippen molar-refractivity contribution in [2.24, 2.45) is 0 Å². The van der Waals surface area contributed by atoms with Crippen LogP contribution in [-0.2, 0) is 9.53 Å². The van der Waals surface area contributed by atoms with E-state index in [9.17, 15) is 4.79 Å². The van der Waals surface area contributed by atoms with Crippen LogP contribution in [0.1, 0.15) is 12.5 Å². The van der Waals surface area contributed by atoms with Gasteiger partial charge in [-0.1, -0.05) is 6.08 Å². The van der Waals surface area contributed by atoms with Gasteiger partial charge < -0.3 is 25.0 Å². The quantitative estimate of drug-likeness (QED) is 0.377. The minimum absolute atomic E-state index is 0.00778. The molecular formula is C24H31N7O3. The zero-order valence-corrected chi connectivity index (χ0v) is 19.8. The van der Waals surface area contributed by atoms with Gasteiger partial charge in [0.2, 0.25) is 5.91 Å². The standard InChI is InChI=1S/C24H31N7O3/c1-29(2)11-4-5-20(32)30-12-10-18(15-30)31-24-21(23(25)26-16-27-24)22(28-31)17-6-8-19(9-7-17)34-14-13-33-3/h4-9,16,18H,10-15H2,1-3H3,(H2,25,26,27)/b5-4+/t18-/m1/s1. The Labute approximate surface area is 199 Å². The summed E-state index contributed by atoms with van der Waals surface area (Å²) in [6.45, 7) is 2.97. The highest BCUT2D eigenvalue weighted by molar-refractivity contribution is 5.98. The average Bonchev–Trinajstić information content (AvgIpc) is 3.45. The van der Waals surface area contributed by atoms with Crippen LogP contribution in [0.5, 0.6) is 5.75 Å². The summed E-state index contributed by atoms with van der Waals surface area (Å²) in [6.07, 6.45) is 5.77. The molecule has 3 aromatic rings. The molecule has 2 aromatic heterocycles. The van der Waals surface area contributed by atoms with Gasteiger partial charge in [-0.25, -0.2) is 14.6 Å². The van der Waals surface area contributed by atoms with Crippen molar-refractivity contribution in [1.82, 2.24) is 29.5 Å². The Hall–Kier alpha value is -3.50. The Bertz CT molecular complexity index is 1160. The Kier molecular flexibility index (Phi) is 7.39. The normalized spacial score (nSPS) is 16.2. The monoisotopic (exact) mass is 465 g/mol. The molecule has 1 saturated heterocycles. The van der Waals surface area contributed by atoms with E-state index in [2.05, 4.69) is 9.97 Å². The maximum absolute atomic E-state index is 12.6. The maximum atomic E-state index is 12.6. The number of hydrogen-bond acceptors (Lipinski definition) is 8. The molecule has 1 aromatic carbocycles. The van der Waals surface area contributed by atoms with Crippen molar-refractivity contribution in [3.05, 3.63) is 42.7 Å². The Morgan fingerprint density at radius 1 is 1.24 bits per heavy atom. The van der Waals surface area contributed by atoms with Gasteiger partial charge in [0, 0.05) is 38.4 Å². The zero-order chi connectivity index (χ0) is 24.1. The molecule has 34 heavy (non-hydrogen) atoms.